The minimum Gasteiger partial charge on any atom is -0.341 e. The standard InChI is InChI=1S/C15H20N2O/c1-4-15(8-12(15)2)9-14(18)17(3)11-13-6-5-7-16-10-13/h5-7,10H,2,4,8-9,11H2,1,3H3. The third kappa shape index (κ3) is 2.61. The van der Waals surface area contributed by atoms with Crippen LogP contribution in [0.4, 0.5) is 0 Å². The molecule has 2 rings (SSSR count). The van der Waals surface area contributed by atoms with E-state index in [4.69, 9.17) is 0 Å². The van der Waals surface area contributed by atoms with Crippen molar-refractivity contribution in [2.24, 2.45) is 5.41 Å². The van der Waals surface area contributed by atoms with Crippen LogP contribution >= 0.6 is 0 Å². The van der Waals surface area contributed by atoms with Crippen molar-refractivity contribution in [2.45, 2.75) is 32.7 Å². The molecule has 1 aliphatic carbocycles. The predicted molar refractivity (Wildman–Crippen MR) is 71.8 cm³/mol. The molecule has 1 aromatic heterocycles. The zero-order chi connectivity index (χ0) is 13.2. The van der Waals surface area contributed by atoms with Crippen LogP contribution in [0.2, 0.25) is 0 Å². The summed E-state index contributed by atoms with van der Waals surface area (Å²) in [7, 11) is 1.85. The highest BCUT2D eigenvalue weighted by Gasteiger charge is 2.47. The maximum Gasteiger partial charge on any atom is 0.223 e. The van der Waals surface area contributed by atoms with Crippen molar-refractivity contribution in [3.05, 3.63) is 42.2 Å². The van der Waals surface area contributed by atoms with E-state index in [9.17, 15) is 4.79 Å². The highest BCUT2D eigenvalue weighted by atomic mass is 16.2. The fraction of sp³-hybridized carbons (Fsp3) is 0.467. The van der Waals surface area contributed by atoms with E-state index >= 15 is 0 Å². The Labute approximate surface area is 109 Å². The maximum absolute atomic E-state index is 12.2. The van der Waals surface area contributed by atoms with Crippen LogP contribution in [-0.2, 0) is 11.3 Å². The Kier molecular flexibility index (Phi) is 3.50. The Hall–Kier alpha value is -1.64. The molecule has 1 amide bonds. The molecule has 3 heteroatoms. The van der Waals surface area contributed by atoms with Gasteiger partial charge in [0.05, 0.1) is 0 Å². The normalized spacial score (nSPS) is 21.8. The summed E-state index contributed by atoms with van der Waals surface area (Å²) >= 11 is 0. The molecular weight excluding hydrogens is 224 g/mol. The first-order valence-corrected chi connectivity index (χ1v) is 6.38. The lowest BCUT2D eigenvalue weighted by atomic mass is 9.97. The van der Waals surface area contributed by atoms with Crippen LogP contribution in [0, 0.1) is 5.41 Å². The Morgan fingerprint density at radius 1 is 1.61 bits per heavy atom. The Morgan fingerprint density at radius 2 is 2.33 bits per heavy atom. The number of aromatic nitrogens is 1. The number of rotatable bonds is 5. The first-order chi connectivity index (χ1) is 8.57. The summed E-state index contributed by atoms with van der Waals surface area (Å²) in [5.74, 6) is 0.194. The number of hydrogen-bond donors (Lipinski definition) is 0. The summed E-state index contributed by atoms with van der Waals surface area (Å²) < 4.78 is 0. The molecule has 1 saturated carbocycles. The van der Waals surface area contributed by atoms with Crippen LogP contribution in [0.5, 0.6) is 0 Å². The molecule has 0 spiro atoms. The van der Waals surface area contributed by atoms with Gasteiger partial charge < -0.3 is 4.90 Å². The quantitative estimate of drug-likeness (QED) is 0.746. The van der Waals surface area contributed by atoms with E-state index in [0.717, 1.165) is 18.4 Å². The molecule has 0 bridgehead atoms. The van der Waals surface area contributed by atoms with E-state index in [-0.39, 0.29) is 11.3 Å². The molecule has 0 radical (unpaired) electrons. The third-order valence-electron chi connectivity index (χ3n) is 3.91. The summed E-state index contributed by atoms with van der Waals surface area (Å²) in [5.41, 5.74) is 2.39. The zero-order valence-electron chi connectivity index (χ0n) is 11.1. The average Bonchev–Trinajstić information content (AvgIpc) is 3.01. The Balaban J connectivity index is 1.92. The summed E-state index contributed by atoms with van der Waals surface area (Å²) in [6, 6.07) is 3.88. The summed E-state index contributed by atoms with van der Waals surface area (Å²) in [5, 5.41) is 0. The largest absolute Gasteiger partial charge is 0.341 e. The number of hydrogen-bond acceptors (Lipinski definition) is 2. The minimum atomic E-state index is 0.0975. The molecule has 0 aliphatic heterocycles. The SMILES string of the molecule is C=C1CC1(CC)CC(=O)N(C)Cc1cccnc1. The molecule has 18 heavy (non-hydrogen) atoms. The molecule has 96 valence electrons. The molecule has 3 nitrogen and oxygen atoms in total. The molecule has 1 aromatic rings. The van der Waals surface area contributed by atoms with Crippen molar-refractivity contribution in [3.8, 4) is 0 Å². The average molecular weight is 244 g/mol. The second-order valence-corrected chi connectivity index (χ2v) is 5.20. The Bertz CT molecular complexity index is 455. The van der Waals surface area contributed by atoms with Crippen molar-refractivity contribution < 1.29 is 4.79 Å². The summed E-state index contributed by atoms with van der Waals surface area (Å²) in [6.45, 7) is 6.76. The van der Waals surface area contributed by atoms with Crippen molar-refractivity contribution in [1.82, 2.24) is 9.88 Å². The molecule has 1 aliphatic rings. The number of allylic oxidation sites excluding steroid dienone is 1. The van der Waals surface area contributed by atoms with Crippen LogP contribution in [-0.4, -0.2) is 22.8 Å². The number of nitrogens with zero attached hydrogens (tertiary/aromatic N) is 2. The highest BCUT2D eigenvalue weighted by Crippen LogP contribution is 2.56. The molecule has 0 aromatic carbocycles. The third-order valence-corrected chi connectivity index (χ3v) is 3.91. The van der Waals surface area contributed by atoms with Crippen molar-refractivity contribution >= 4 is 5.91 Å². The molecular formula is C15H20N2O. The molecule has 1 atom stereocenters. The van der Waals surface area contributed by atoms with Gasteiger partial charge in [0.1, 0.15) is 0 Å². The van der Waals surface area contributed by atoms with Gasteiger partial charge in [0.15, 0.2) is 0 Å². The lowest BCUT2D eigenvalue weighted by Crippen LogP contribution is -2.28. The zero-order valence-corrected chi connectivity index (χ0v) is 11.1. The van der Waals surface area contributed by atoms with Crippen LogP contribution in [0.15, 0.2) is 36.7 Å². The smallest absolute Gasteiger partial charge is 0.223 e. The summed E-state index contributed by atoms with van der Waals surface area (Å²) in [4.78, 5) is 18.0. The second-order valence-electron chi connectivity index (χ2n) is 5.20. The monoisotopic (exact) mass is 244 g/mol. The number of pyridine rings is 1. The molecule has 0 N–H and O–H groups in total. The van der Waals surface area contributed by atoms with Crippen molar-refractivity contribution in [1.29, 1.82) is 0 Å². The van der Waals surface area contributed by atoms with Gasteiger partial charge in [-0.2, -0.15) is 0 Å². The lowest BCUT2D eigenvalue weighted by molar-refractivity contribution is -0.131. The van der Waals surface area contributed by atoms with Crippen LogP contribution in [0.1, 0.15) is 31.7 Å². The fourth-order valence-corrected chi connectivity index (χ4v) is 2.33. The van der Waals surface area contributed by atoms with Gasteiger partial charge in [-0.25, -0.2) is 0 Å². The van der Waals surface area contributed by atoms with E-state index in [1.54, 1.807) is 17.3 Å². The molecule has 1 fully saturated rings. The van der Waals surface area contributed by atoms with Crippen molar-refractivity contribution in [3.63, 3.8) is 0 Å². The van der Waals surface area contributed by atoms with Gasteiger partial charge in [-0.05, 0) is 24.5 Å². The van der Waals surface area contributed by atoms with Gasteiger partial charge in [-0.15, -0.1) is 0 Å². The first kappa shape index (κ1) is 12.8. The maximum atomic E-state index is 12.2. The van der Waals surface area contributed by atoms with Gasteiger partial charge >= 0.3 is 0 Å². The van der Waals surface area contributed by atoms with E-state index in [1.807, 2.05) is 19.2 Å². The summed E-state index contributed by atoms with van der Waals surface area (Å²) in [6.07, 6.45) is 6.16. The predicted octanol–water partition coefficient (Wildman–Crippen LogP) is 2.79. The fourth-order valence-electron chi connectivity index (χ4n) is 2.33. The molecule has 1 heterocycles. The lowest BCUT2D eigenvalue weighted by Gasteiger charge is -2.20. The first-order valence-electron chi connectivity index (χ1n) is 6.38. The van der Waals surface area contributed by atoms with E-state index in [0.29, 0.717) is 13.0 Å². The van der Waals surface area contributed by atoms with Gasteiger partial charge in [-0.3, -0.25) is 9.78 Å². The van der Waals surface area contributed by atoms with Crippen LogP contribution < -0.4 is 0 Å². The molecule has 0 saturated heterocycles. The van der Waals surface area contributed by atoms with Gasteiger partial charge in [-0.1, -0.05) is 25.1 Å². The van der Waals surface area contributed by atoms with Crippen LogP contribution in [0.3, 0.4) is 0 Å². The van der Waals surface area contributed by atoms with Crippen LogP contribution in [0.25, 0.3) is 0 Å². The van der Waals surface area contributed by atoms with E-state index < -0.39 is 0 Å². The highest BCUT2D eigenvalue weighted by molar-refractivity contribution is 5.78. The van der Waals surface area contributed by atoms with Gasteiger partial charge in [0, 0.05) is 37.8 Å². The van der Waals surface area contributed by atoms with E-state index in [1.165, 1.54) is 5.57 Å². The Morgan fingerprint density at radius 3 is 2.83 bits per heavy atom. The molecule has 1 unspecified atom stereocenters. The number of carbonyl (C=O) groups is 1. The minimum absolute atomic E-state index is 0.0975. The van der Waals surface area contributed by atoms with Crippen molar-refractivity contribution in [2.75, 3.05) is 7.05 Å². The topological polar surface area (TPSA) is 33.2 Å². The number of carbonyl (C=O) groups excluding carboxylic acids is 1. The van der Waals surface area contributed by atoms with Gasteiger partial charge in [0.2, 0.25) is 5.91 Å². The van der Waals surface area contributed by atoms with E-state index in [2.05, 4.69) is 18.5 Å². The second kappa shape index (κ2) is 4.92. The van der Waals surface area contributed by atoms with Gasteiger partial charge in [0.25, 0.3) is 0 Å². The number of amides is 1.